The Morgan fingerprint density at radius 2 is 1.84 bits per heavy atom. The summed E-state index contributed by atoms with van der Waals surface area (Å²) in [6.07, 6.45) is -4.41. The fraction of sp³-hybridized carbons (Fsp3) is 0.538. The lowest BCUT2D eigenvalue weighted by Crippen LogP contribution is -2.41. The van der Waals surface area contributed by atoms with E-state index in [2.05, 4.69) is 0 Å². The third-order valence-corrected chi connectivity index (χ3v) is 3.28. The van der Waals surface area contributed by atoms with Crippen LogP contribution in [0.2, 0.25) is 0 Å². The molecule has 0 radical (unpaired) electrons. The Morgan fingerprint density at radius 1 is 1.21 bits per heavy atom. The highest BCUT2D eigenvalue weighted by Crippen LogP contribution is 2.36. The average molecular weight is 275 g/mol. The molecule has 6 heteroatoms. The minimum atomic E-state index is -4.41. The molecule has 1 aliphatic rings. The minimum Gasteiger partial charge on any atom is -0.394 e. The number of aliphatic hydroxyl groups is 1. The van der Waals surface area contributed by atoms with Crippen molar-refractivity contribution in [3.8, 4) is 0 Å². The van der Waals surface area contributed by atoms with Gasteiger partial charge in [-0.3, -0.25) is 4.90 Å². The number of alkyl halides is 3. The van der Waals surface area contributed by atoms with Crippen LogP contribution in [0.5, 0.6) is 0 Å². The van der Waals surface area contributed by atoms with Crippen LogP contribution in [-0.2, 0) is 10.9 Å². The Labute approximate surface area is 109 Å². The van der Waals surface area contributed by atoms with Crippen molar-refractivity contribution in [1.82, 2.24) is 4.90 Å². The largest absolute Gasteiger partial charge is 0.416 e. The lowest BCUT2D eigenvalue weighted by molar-refractivity contribution is -0.139. The zero-order valence-electron chi connectivity index (χ0n) is 10.4. The first kappa shape index (κ1) is 14.3. The summed E-state index contributed by atoms with van der Waals surface area (Å²) < 4.78 is 44.1. The van der Waals surface area contributed by atoms with Crippen LogP contribution in [0.3, 0.4) is 0 Å². The Bertz CT molecular complexity index is 417. The van der Waals surface area contributed by atoms with Crippen molar-refractivity contribution in [1.29, 1.82) is 0 Å². The highest BCUT2D eigenvalue weighted by atomic mass is 19.4. The van der Waals surface area contributed by atoms with Gasteiger partial charge in [-0.05, 0) is 11.6 Å². The number of hydrogen-bond donors (Lipinski definition) is 1. The van der Waals surface area contributed by atoms with Crippen molar-refractivity contribution in [2.24, 2.45) is 0 Å². The summed E-state index contributed by atoms with van der Waals surface area (Å²) in [6.45, 7) is 1.66. The van der Waals surface area contributed by atoms with Gasteiger partial charge in [0.15, 0.2) is 0 Å². The topological polar surface area (TPSA) is 32.7 Å². The fourth-order valence-corrected chi connectivity index (χ4v) is 2.35. The molecule has 1 aliphatic heterocycles. The molecule has 1 heterocycles. The smallest absolute Gasteiger partial charge is 0.394 e. The first-order valence-corrected chi connectivity index (χ1v) is 6.13. The van der Waals surface area contributed by atoms with Crippen molar-refractivity contribution >= 4 is 0 Å². The summed E-state index contributed by atoms with van der Waals surface area (Å²) in [5, 5.41) is 9.47. The highest BCUT2D eigenvalue weighted by Gasteiger charge is 2.36. The molecule has 0 bridgehead atoms. The summed E-state index contributed by atoms with van der Waals surface area (Å²) in [5.41, 5.74) is -0.556. The molecule has 3 nitrogen and oxygen atoms in total. The van der Waals surface area contributed by atoms with Gasteiger partial charge in [-0.2, -0.15) is 13.2 Å². The van der Waals surface area contributed by atoms with Crippen LogP contribution >= 0.6 is 0 Å². The third-order valence-electron chi connectivity index (χ3n) is 3.28. The van der Waals surface area contributed by atoms with Crippen LogP contribution in [0.25, 0.3) is 0 Å². The number of hydrogen-bond acceptors (Lipinski definition) is 3. The zero-order valence-corrected chi connectivity index (χ0v) is 10.4. The molecule has 0 aromatic heterocycles. The second-order valence-corrected chi connectivity index (χ2v) is 4.43. The maximum absolute atomic E-state index is 13.0. The van der Waals surface area contributed by atoms with Gasteiger partial charge in [0.05, 0.1) is 31.4 Å². The molecular weight excluding hydrogens is 259 g/mol. The SMILES string of the molecule is OC[C@@H](c1ccccc1C(F)(F)F)N1CCOCC1. The maximum Gasteiger partial charge on any atom is 0.416 e. The fourth-order valence-electron chi connectivity index (χ4n) is 2.35. The molecule has 19 heavy (non-hydrogen) atoms. The first-order valence-electron chi connectivity index (χ1n) is 6.13. The molecule has 0 unspecified atom stereocenters. The second-order valence-electron chi connectivity index (χ2n) is 4.43. The predicted octanol–water partition coefficient (Wildman–Crippen LogP) is 2.07. The van der Waals surface area contributed by atoms with Gasteiger partial charge >= 0.3 is 6.18 Å². The summed E-state index contributed by atoms with van der Waals surface area (Å²) in [5.74, 6) is 0. The predicted molar refractivity (Wildman–Crippen MR) is 63.7 cm³/mol. The molecule has 0 amide bonds. The van der Waals surface area contributed by atoms with Crippen molar-refractivity contribution in [3.05, 3.63) is 35.4 Å². The van der Waals surface area contributed by atoms with Crippen LogP contribution in [0.15, 0.2) is 24.3 Å². The number of aliphatic hydroxyl groups excluding tert-OH is 1. The van der Waals surface area contributed by atoms with Crippen molar-refractivity contribution < 1.29 is 23.0 Å². The van der Waals surface area contributed by atoms with Gasteiger partial charge in [0, 0.05) is 13.1 Å². The molecule has 0 spiro atoms. The number of ether oxygens (including phenoxy) is 1. The summed E-state index contributed by atoms with van der Waals surface area (Å²) in [6, 6.07) is 4.77. The van der Waals surface area contributed by atoms with Gasteiger partial charge in [-0.25, -0.2) is 0 Å². The molecular formula is C13H16F3NO2. The Hall–Kier alpha value is -1.11. The summed E-state index contributed by atoms with van der Waals surface area (Å²) in [7, 11) is 0. The van der Waals surface area contributed by atoms with Crippen LogP contribution in [0, 0.1) is 0 Å². The van der Waals surface area contributed by atoms with Gasteiger partial charge < -0.3 is 9.84 Å². The van der Waals surface area contributed by atoms with Gasteiger partial charge in [0.1, 0.15) is 0 Å². The average Bonchev–Trinajstić information content (AvgIpc) is 2.40. The Balaban J connectivity index is 2.32. The molecule has 1 aromatic rings. The molecule has 1 N–H and O–H groups in total. The van der Waals surface area contributed by atoms with E-state index >= 15 is 0 Å². The van der Waals surface area contributed by atoms with Crippen molar-refractivity contribution in [3.63, 3.8) is 0 Å². The lowest BCUT2D eigenvalue weighted by Gasteiger charge is -2.34. The van der Waals surface area contributed by atoms with Crippen LogP contribution < -0.4 is 0 Å². The Morgan fingerprint density at radius 3 is 2.42 bits per heavy atom. The maximum atomic E-state index is 13.0. The van der Waals surface area contributed by atoms with Crippen LogP contribution in [0.1, 0.15) is 17.2 Å². The number of morpholine rings is 1. The van der Waals surface area contributed by atoms with E-state index in [1.165, 1.54) is 12.1 Å². The Kier molecular flexibility index (Phi) is 4.44. The summed E-state index contributed by atoms with van der Waals surface area (Å²) in [4.78, 5) is 1.83. The van der Waals surface area contributed by atoms with Gasteiger partial charge in [-0.15, -0.1) is 0 Å². The van der Waals surface area contributed by atoms with E-state index in [1.807, 2.05) is 4.90 Å². The van der Waals surface area contributed by atoms with Gasteiger partial charge in [0.2, 0.25) is 0 Å². The molecule has 1 saturated heterocycles. The molecule has 106 valence electrons. The van der Waals surface area contributed by atoms with Crippen molar-refractivity contribution in [2.75, 3.05) is 32.9 Å². The third kappa shape index (κ3) is 3.26. The molecule has 2 rings (SSSR count). The number of nitrogens with zero attached hydrogens (tertiary/aromatic N) is 1. The van der Waals surface area contributed by atoms with Crippen LogP contribution in [-0.4, -0.2) is 42.9 Å². The van der Waals surface area contributed by atoms with Gasteiger partial charge in [-0.1, -0.05) is 18.2 Å². The van der Waals surface area contributed by atoms with E-state index in [0.29, 0.717) is 26.3 Å². The minimum absolute atomic E-state index is 0.124. The first-order chi connectivity index (χ1) is 9.04. The monoisotopic (exact) mass is 275 g/mol. The summed E-state index contributed by atoms with van der Waals surface area (Å²) >= 11 is 0. The quantitative estimate of drug-likeness (QED) is 0.916. The molecule has 0 saturated carbocycles. The second kappa shape index (κ2) is 5.90. The standard InChI is InChI=1S/C13H16F3NO2/c14-13(15,16)11-4-2-1-3-10(11)12(9-18)17-5-7-19-8-6-17/h1-4,12,18H,5-9H2/t12-/m0/s1. The molecule has 1 atom stereocenters. The van der Waals surface area contributed by atoms with Crippen molar-refractivity contribution in [2.45, 2.75) is 12.2 Å². The number of benzene rings is 1. The van der Waals surface area contributed by atoms with E-state index < -0.39 is 17.8 Å². The van der Waals surface area contributed by atoms with E-state index in [0.717, 1.165) is 6.07 Å². The number of halogens is 3. The van der Waals surface area contributed by atoms with Gasteiger partial charge in [0.25, 0.3) is 0 Å². The zero-order chi connectivity index (χ0) is 13.9. The molecule has 1 aromatic carbocycles. The normalized spacial score (nSPS) is 19.4. The van der Waals surface area contributed by atoms with E-state index in [4.69, 9.17) is 4.74 Å². The van der Waals surface area contributed by atoms with Crippen LogP contribution in [0.4, 0.5) is 13.2 Å². The molecule has 0 aliphatic carbocycles. The van der Waals surface area contributed by atoms with E-state index in [-0.39, 0.29) is 12.2 Å². The van der Waals surface area contributed by atoms with E-state index in [1.54, 1.807) is 6.07 Å². The highest BCUT2D eigenvalue weighted by molar-refractivity contribution is 5.32. The van der Waals surface area contributed by atoms with E-state index in [9.17, 15) is 18.3 Å². The molecule has 1 fully saturated rings. The lowest BCUT2D eigenvalue weighted by atomic mass is 9.98. The number of rotatable bonds is 3.